The molecule has 0 unspecified atom stereocenters. The summed E-state index contributed by atoms with van der Waals surface area (Å²) in [5, 5.41) is 2.37. The maximum Gasteiger partial charge on any atom is 0.335 e. The fourth-order valence-electron chi connectivity index (χ4n) is 7.97. The molecule has 38 heavy (non-hydrogen) atoms. The van der Waals surface area contributed by atoms with Crippen molar-refractivity contribution >= 4 is 29.6 Å². The van der Waals surface area contributed by atoms with Crippen LogP contribution in [0, 0.1) is 24.7 Å². The van der Waals surface area contributed by atoms with Crippen molar-refractivity contribution in [2.75, 3.05) is 12.0 Å². The molecular weight excluding hydrogens is 476 g/mol. The molecule has 0 atom stereocenters. The van der Waals surface area contributed by atoms with Gasteiger partial charge in [0.15, 0.2) is 0 Å². The first kappa shape index (κ1) is 24.9. The lowest BCUT2D eigenvalue weighted by molar-refractivity contribution is -0.122. The number of ether oxygens (including phenoxy) is 1. The third kappa shape index (κ3) is 4.05. The number of aryl methyl sites for hydroxylation is 1. The van der Waals surface area contributed by atoms with Gasteiger partial charge >= 0.3 is 6.03 Å². The Kier molecular flexibility index (Phi) is 5.97. The molecule has 2 aromatic rings. The zero-order valence-electron chi connectivity index (χ0n) is 22.7. The van der Waals surface area contributed by atoms with Crippen molar-refractivity contribution in [2.24, 2.45) is 17.8 Å². The van der Waals surface area contributed by atoms with E-state index in [0.29, 0.717) is 5.69 Å². The van der Waals surface area contributed by atoms with Crippen LogP contribution in [0.2, 0.25) is 0 Å². The molecule has 1 heterocycles. The Bertz CT molecular complexity index is 1320. The van der Waals surface area contributed by atoms with E-state index < -0.39 is 17.8 Å². The largest absolute Gasteiger partial charge is 0.496 e. The highest BCUT2D eigenvalue weighted by atomic mass is 16.5. The van der Waals surface area contributed by atoms with Gasteiger partial charge in [0.05, 0.1) is 12.8 Å². The van der Waals surface area contributed by atoms with Crippen molar-refractivity contribution in [1.82, 2.24) is 5.32 Å². The molecule has 7 rings (SSSR count). The molecular formula is C32H36N2O4. The summed E-state index contributed by atoms with van der Waals surface area (Å²) < 4.78 is 5.53. The average Bonchev–Trinajstić information content (AvgIpc) is 2.86. The summed E-state index contributed by atoms with van der Waals surface area (Å²) in [6.07, 6.45) is 9.49. The Balaban J connectivity index is 1.31. The Morgan fingerprint density at radius 1 is 0.974 bits per heavy atom. The highest BCUT2D eigenvalue weighted by Crippen LogP contribution is 2.60. The summed E-state index contributed by atoms with van der Waals surface area (Å²) in [5.74, 6) is 2.20. The lowest BCUT2D eigenvalue weighted by atomic mass is 9.48. The molecule has 4 amide bonds. The van der Waals surface area contributed by atoms with Gasteiger partial charge in [-0.2, -0.15) is 0 Å². The molecule has 0 aromatic heterocycles. The number of carbonyl (C=O) groups excluding carboxylic acids is 3. The summed E-state index contributed by atoms with van der Waals surface area (Å²) in [7, 11) is 1.63. The molecule has 0 spiro atoms. The molecule has 1 N–H and O–H groups in total. The maximum atomic E-state index is 13.6. The van der Waals surface area contributed by atoms with Crippen molar-refractivity contribution in [2.45, 2.75) is 70.6 Å². The maximum absolute atomic E-state index is 13.6. The number of carbonyl (C=O) groups is 3. The third-order valence-electron chi connectivity index (χ3n) is 9.42. The first-order valence-corrected chi connectivity index (χ1v) is 13.9. The summed E-state index contributed by atoms with van der Waals surface area (Å²) in [5.41, 5.74) is 4.60. The van der Waals surface area contributed by atoms with Gasteiger partial charge in [0.2, 0.25) is 0 Å². The van der Waals surface area contributed by atoms with E-state index in [9.17, 15) is 14.4 Å². The molecule has 5 aliphatic rings. The minimum Gasteiger partial charge on any atom is -0.496 e. The van der Waals surface area contributed by atoms with Crippen molar-refractivity contribution in [3.8, 4) is 5.75 Å². The first-order valence-electron chi connectivity index (χ1n) is 13.9. The number of anilines is 1. The predicted molar refractivity (Wildman–Crippen MR) is 147 cm³/mol. The number of hydrogen-bond donors (Lipinski definition) is 1. The molecule has 0 radical (unpaired) electrons. The summed E-state index contributed by atoms with van der Waals surface area (Å²) in [6.45, 7) is 6.04. The molecule has 4 bridgehead atoms. The second-order valence-corrected chi connectivity index (χ2v) is 12.3. The molecule has 5 fully saturated rings. The van der Waals surface area contributed by atoms with Crippen LogP contribution in [-0.2, 0) is 15.0 Å². The molecule has 1 aliphatic heterocycles. The quantitative estimate of drug-likeness (QED) is 0.379. The van der Waals surface area contributed by atoms with Crippen LogP contribution in [0.25, 0.3) is 6.08 Å². The van der Waals surface area contributed by atoms with Gasteiger partial charge in [-0.1, -0.05) is 26.0 Å². The minimum absolute atomic E-state index is 0.0577. The number of methoxy groups -OCH3 is 1. The van der Waals surface area contributed by atoms with Gasteiger partial charge in [0, 0.05) is 0 Å². The number of urea groups is 1. The lowest BCUT2D eigenvalue weighted by Crippen LogP contribution is -2.54. The second kappa shape index (κ2) is 9.11. The van der Waals surface area contributed by atoms with E-state index in [1.807, 2.05) is 31.2 Å². The van der Waals surface area contributed by atoms with E-state index in [1.165, 1.54) is 44.1 Å². The van der Waals surface area contributed by atoms with Gasteiger partial charge in [0.25, 0.3) is 11.8 Å². The fraction of sp³-hybridized carbons (Fsp3) is 0.469. The molecule has 198 valence electrons. The van der Waals surface area contributed by atoms with Crippen LogP contribution >= 0.6 is 0 Å². The van der Waals surface area contributed by atoms with Crippen LogP contribution in [0.3, 0.4) is 0 Å². The smallest absolute Gasteiger partial charge is 0.335 e. The number of nitrogens with zero attached hydrogens (tertiary/aromatic N) is 1. The van der Waals surface area contributed by atoms with Crippen LogP contribution in [0.4, 0.5) is 10.5 Å². The lowest BCUT2D eigenvalue weighted by Gasteiger charge is -2.57. The topological polar surface area (TPSA) is 75.7 Å². The van der Waals surface area contributed by atoms with Crippen LogP contribution in [-0.4, -0.2) is 25.0 Å². The normalized spacial score (nSPS) is 29.4. The van der Waals surface area contributed by atoms with Crippen molar-refractivity contribution in [3.63, 3.8) is 0 Å². The van der Waals surface area contributed by atoms with Crippen LogP contribution in [0.1, 0.15) is 80.5 Å². The molecule has 6 nitrogen and oxygen atoms in total. The second-order valence-electron chi connectivity index (χ2n) is 12.3. The molecule has 1 saturated heterocycles. The monoisotopic (exact) mass is 512 g/mol. The minimum atomic E-state index is -0.714. The SMILES string of the molecule is COc1cc(C)c(/C=C2\C(=O)NC(=O)N(c3ccc(C45CC6CC(CC(C6)C4)C5)cc3)C2=O)cc1C(C)C. The summed E-state index contributed by atoms with van der Waals surface area (Å²) in [6, 6.07) is 11.1. The highest BCUT2D eigenvalue weighted by molar-refractivity contribution is 6.39. The molecule has 4 aliphatic carbocycles. The number of barbiturate groups is 1. The standard InChI is InChI=1S/C32H36N2O4/c1-18(2)26-13-23(19(3)9-28(26)38-4)14-27-29(35)33-31(37)34(30(27)36)25-7-5-24(6-8-25)32-15-20-10-21(16-32)12-22(11-20)17-32/h5-9,13-14,18,20-22H,10-12,15-17H2,1-4H3,(H,33,35,37)/b27-14+. The van der Waals surface area contributed by atoms with Crippen molar-refractivity contribution < 1.29 is 19.1 Å². The number of benzene rings is 2. The number of nitrogens with one attached hydrogen (secondary N) is 1. The Morgan fingerprint density at radius 2 is 1.58 bits per heavy atom. The van der Waals surface area contributed by atoms with Gasteiger partial charge in [-0.3, -0.25) is 14.9 Å². The van der Waals surface area contributed by atoms with E-state index in [1.54, 1.807) is 13.2 Å². The van der Waals surface area contributed by atoms with E-state index in [4.69, 9.17) is 4.74 Å². The van der Waals surface area contributed by atoms with Gasteiger partial charge in [0.1, 0.15) is 11.3 Å². The van der Waals surface area contributed by atoms with Gasteiger partial charge in [-0.15, -0.1) is 0 Å². The van der Waals surface area contributed by atoms with E-state index >= 15 is 0 Å². The van der Waals surface area contributed by atoms with E-state index in [2.05, 4.69) is 31.3 Å². The Hall–Kier alpha value is -3.41. The van der Waals surface area contributed by atoms with Gasteiger partial charge in [-0.05, 0) is 127 Å². The Morgan fingerprint density at radius 3 is 2.13 bits per heavy atom. The van der Waals surface area contributed by atoms with Crippen LogP contribution in [0.15, 0.2) is 42.0 Å². The van der Waals surface area contributed by atoms with Crippen molar-refractivity contribution in [1.29, 1.82) is 0 Å². The summed E-state index contributed by atoms with van der Waals surface area (Å²) >= 11 is 0. The van der Waals surface area contributed by atoms with Crippen LogP contribution in [0.5, 0.6) is 5.75 Å². The van der Waals surface area contributed by atoms with Crippen molar-refractivity contribution in [3.05, 3.63) is 64.2 Å². The van der Waals surface area contributed by atoms with E-state index in [0.717, 1.165) is 45.1 Å². The molecule has 4 saturated carbocycles. The number of amides is 4. The zero-order valence-corrected chi connectivity index (χ0v) is 22.7. The Labute approximate surface area is 224 Å². The van der Waals surface area contributed by atoms with E-state index in [-0.39, 0.29) is 16.9 Å². The summed E-state index contributed by atoms with van der Waals surface area (Å²) in [4.78, 5) is 40.3. The number of hydrogen-bond acceptors (Lipinski definition) is 4. The first-order chi connectivity index (χ1) is 18.2. The third-order valence-corrected chi connectivity index (χ3v) is 9.42. The average molecular weight is 513 g/mol. The van der Waals surface area contributed by atoms with Gasteiger partial charge < -0.3 is 4.74 Å². The number of imide groups is 2. The predicted octanol–water partition coefficient (Wildman–Crippen LogP) is 6.26. The highest BCUT2D eigenvalue weighted by Gasteiger charge is 2.51. The zero-order chi connectivity index (χ0) is 26.8. The molecule has 2 aromatic carbocycles. The number of rotatable bonds is 5. The van der Waals surface area contributed by atoms with Gasteiger partial charge in [-0.25, -0.2) is 9.69 Å². The molecule has 6 heteroatoms. The fourth-order valence-corrected chi connectivity index (χ4v) is 7.97. The van der Waals surface area contributed by atoms with Crippen LogP contribution < -0.4 is 15.0 Å².